The smallest absolute Gasteiger partial charge is 0.341 e. The summed E-state index contributed by atoms with van der Waals surface area (Å²) in [4.78, 5) is 5.22. The first kappa shape index (κ1) is 16.1. The van der Waals surface area contributed by atoms with Crippen LogP contribution in [-0.2, 0) is 22.8 Å². The fourth-order valence-corrected chi connectivity index (χ4v) is 4.06. The first-order valence-electron chi connectivity index (χ1n) is 7.92. The van der Waals surface area contributed by atoms with Gasteiger partial charge in [0, 0.05) is 47.4 Å². The second-order valence-corrected chi connectivity index (χ2v) is 8.02. The van der Waals surface area contributed by atoms with Gasteiger partial charge < -0.3 is 9.88 Å². The molecule has 0 atom stereocenters. The molecule has 0 aliphatic carbocycles. The molecule has 0 amide bonds. The highest BCUT2D eigenvalue weighted by Gasteiger charge is 2.27. The number of nitrogens with one attached hydrogen (secondary N) is 1. The van der Waals surface area contributed by atoms with Crippen LogP contribution in [0, 0.1) is 0 Å². The fraction of sp³-hybridized carbons (Fsp3) is 0.222. The van der Waals surface area contributed by atoms with Crippen LogP contribution in [0.15, 0.2) is 53.4 Å². The van der Waals surface area contributed by atoms with Gasteiger partial charge >= 0.3 is 5.76 Å². The lowest BCUT2D eigenvalue weighted by atomic mass is 10.0. The largest absolute Gasteiger partial charge is 0.367 e. The number of nitrogens with zero attached hydrogens (tertiary/aromatic N) is 1. The van der Waals surface area contributed by atoms with Crippen molar-refractivity contribution in [2.24, 2.45) is 0 Å². The van der Waals surface area contributed by atoms with Gasteiger partial charge in [-0.1, -0.05) is 18.2 Å². The normalized spacial score (nSPS) is 14.9. The summed E-state index contributed by atoms with van der Waals surface area (Å²) in [6.45, 7) is 1.47. The highest BCUT2D eigenvalue weighted by molar-refractivity contribution is 7.91. The number of fused-ring (bicyclic) bond motifs is 3. The lowest BCUT2D eigenvalue weighted by molar-refractivity contribution is 0.234. The van der Waals surface area contributed by atoms with Gasteiger partial charge in [0.05, 0.1) is 4.90 Å². The SMILES string of the molecule is O=S(=O)(c1ccc(N2CCc3[nH]c4ccccc4c3C2)cc1)C(F)F. The Balaban J connectivity index is 1.64. The number of para-hydroxylation sites is 1. The molecule has 0 radical (unpaired) electrons. The minimum atomic E-state index is -4.55. The minimum Gasteiger partial charge on any atom is -0.367 e. The number of benzene rings is 2. The van der Waals surface area contributed by atoms with E-state index in [1.807, 2.05) is 18.2 Å². The molecule has 1 aliphatic rings. The van der Waals surface area contributed by atoms with E-state index in [9.17, 15) is 17.2 Å². The van der Waals surface area contributed by atoms with E-state index in [1.165, 1.54) is 28.8 Å². The third-order valence-corrected chi connectivity index (χ3v) is 6.05. The number of anilines is 1. The summed E-state index contributed by atoms with van der Waals surface area (Å²) in [5.41, 5.74) is 4.37. The molecule has 0 spiro atoms. The summed E-state index contributed by atoms with van der Waals surface area (Å²) in [5.74, 6) is -3.40. The third-order valence-electron chi connectivity index (χ3n) is 4.65. The first-order valence-corrected chi connectivity index (χ1v) is 9.47. The second kappa shape index (κ2) is 5.84. The molecule has 1 aromatic heterocycles. The van der Waals surface area contributed by atoms with Crippen LogP contribution in [0.4, 0.5) is 14.5 Å². The van der Waals surface area contributed by atoms with Crippen molar-refractivity contribution >= 4 is 26.4 Å². The van der Waals surface area contributed by atoms with Crippen LogP contribution in [-0.4, -0.2) is 25.7 Å². The maximum Gasteiger partial charge on any atom is 0.341 e. The molecule has 130 valence electrons. The van der Waals surface area contributed by atoms with Crippen molar-refractivity contribution in [2.45, 2.75) is 23.6 Å². The molecule has 4 rings (SSSR count). The monoisotopic (exact) mass is 362 g/mol. The zero-order valence-corrected chi connectivity index (χ0v) is 14.1. The average molecular weight is 362 g/mol. The van der Waals surface area contributed by atoms with E-state index in [0.717, 1.165) is 24.2 Å². The van der Waals surface area contributed by atoms with Gasteiger partial charge in [0.25, 0.3) is 0 Å². The number of aromatic amines is 1. The van der Waals surface area contributed by atoms with E-state index in [-0.39, 0.29) is 4.90 Å². The van der Waals surface area contributed by atoms with Gasteiger partial charge in [-0.2, -0.15) is 8.78 Å². The van der Waals surface area contributed by atoms with Gasteiger partial charge in [-0.15, -0.1) is 0 Å². The number of aromatic nitrogens is 1. The van der Waals surface area contributed by atoms with Crippen molar-refractivity contribution in [3.05, 3.63) is 59.8 Å². The first-order chi connectivity index (χ1) is 12.0. The molecule has 1 aliphatic heterocycles. The van der Waals surface area contributed by atoms with Crippen LogP contribution in [0.25, 0.3) is 10.9 Å². The summed E-state index contributed by atoms with van der Waals surface area (Å²) in [5, 5.41) is 1.18. The predicted molar refractivity (Wildman–Crippen MR) is 92.7 cm³/mol. The Labute approximate surface area is 144 Å². The lowest BCUT2D eigenvalue weighted by Gasteiger charge is -2.29. The maximum atomic E-state index is 12.6. The molecular weight excluding hydrogens is 346 g/mol. The molecule has 25 heavy (non-hydrogen) atoms. The summed E-state index contributed by atoms with van der Waals surface area (Å²) in [6, 6.07) is 13.8. The number of rotatable bonds is 3. The van der Waals surface area contributed by atoms with Gasteiger partial charge in [0.15, 0.2) is 0 Å². The molecule has 0 unspecified atom stereocenters. The molecule has 0 bridgehead atoms. The Morgan fingerprint density at radius 1 is 1.04 bits per heavy atom. The Hall–Kier alpha value is -2.41. The third kappa shape index (κ3) is 2.68. The summed E-state index contributed by atoms with van der Waals surface area (Å²) < 4.78 is 48.3. The van der Waals surface area contributed by atoms with E-state index in [1.54, 1.807) is 12.1 Å². The summed E-state index contributed by atoms with van der Waals surface area (Å²) in [6.07, 6.45) is 0.848. The Morgan fingerprint density at radius 2 is 1.76 bits per heavy atom. The average Bonchev–Trinajstić information content (AvgIpc) is 2.99. The second-order valence-electron chi connectivity index (χ2n) is 6.10. The lowest BCUT2D eigenvalue weighted by Crippen LogP contribution is -2.30. The molecule has 7 heteroatoms. The predicted octanol–water partition coefficient (Wildman–Crippen LogP) is 3.73. The molecule has 3 aromatic rings. The molecular formula is C18H16F2N2O2S. The van der Waals surface area contributed by atoms with Crippen molar-refractivity contribution in [2.75, 3.05) is 11.4 Å². The number of alkyl halides is 2. The van der Waals surface area contributed by atoms with Crippen molar-refractivity contribution in [3.8, 4) is 0 Å². The molecule has 0 saturated heterocycles. The molecule has 1 N–H and O–H groups in total. The van der Waals surface area contributed by atoms with Crippen molar-refractivity contribution < 1.29 is 17.2 Å². The molecule has 2 aromatic carbocycles. The minimum absolute atomic E-state index is 0.351. The molecule has 0 fully saturated rings. The summed E-state index contributed by atoms with van der Waals surface area (Å²) in [7, 11) is -4.55. The van der Waals surface area contributed by atoms with Crippen molar-refractivity contribution in [1.82, 2.24) is 4.98 Å². The number of halogens is 2. The quantitative estimate of drug-likeness (QED) is 0.772. The number of sulfone groups is 1. The maximum absolute atomic E-state index is 12.6. The standard InChI is InChI=1S/C18H16F2N2O2S/c19-18(20)25(23,24)13-7-5-12(6-8-13)22-10-9-17-15(11-22)14-3-1-2-4-16(14)21-17/h1-8,18,21H,9-11H2. The van der Waals surface area contributed by atoms with Gasteiger partial charge in [-0.3, -0.25) is 0 Å². The van der Waals surface area contributed by atoms with Crippen LogP contribution >= 0.6 is 0 Å². The number of hydrogen-bond acceptors (Lipinski definition) is 3. The Morgan fingerprint density at radius 3 is 2.48 bits per heavy atom. The van der Waals surface area contributed by atoms with E-state index in [0.29, 0.717) is 6.54 Å². The van der Waals surface area contributed by atoms with E-state index in [2.05, 4.69) is 16.0 Å². The van der Waals surface area contributed by atoms with Crippen molar-refractivity contribution in [1.29, 1.82) is 0 Å². The van der Waals surface area contributed by atoms with E-state index >= 15 is 0 Å². The molecule has 4 nitrogen and oxygen atoms in total. The van der Waals surface area contributed by atoms with Crippen LogP contribution in [0.2, 0.25) is 0 Å². The number of hydrogen-bond donors (Lipinski definition) is 1. The van der Waals surface area contributed by atoms with Crippen LogP contribution in [0.5, 0.6) is 0 Å². The van der Waals surface area contributed by atoms with Crippen LogP contribution < -0.4 is 4.90 Å². The highest BCUT2D eigenvalue weighted by Crippen LogP contribution is 2.31. The fourth-order valence-electron chi connectivity index (χ4n) is 3.34. The number of H-pyrrole nitrogens is 1. The van der Waals surface area contributed by atoms with Gasteiger partial charge in [0.2, 0.25) is 9.84 Å². The van der Waals surface area contributed by atoms with E-state index < -0.39 is 15.6 Å². The van der Waals surface area contributed by atoms with Crippen molar-refractivity contribution in [3.63, 3.8) is 0 Å². The van der Waals surface area contributed by atoms with Gasteiger partial charge in [-0.25, -0.2) is 8.42 Å². The van der Waals surface area contributed by atoms with Gasteiger partial charge in [-0.05, 0) is 30.3 Å². The topological polar surface area (TPSA) is 53.2 Å². The zero-order chi connectivity index (χ0) is 17.6. The van der Waals surface area contributed by atoms with Crippen LogP contribution in [0.1, 0.15) is 11.3 Å². The van der Waals surface area contributed by atoms with Crippen LogP contribution in [0.3, 0.4) is 0 Å². The Bertz CT molecular complexity index is 1030. The molecule has 2 heterocycles. The Kier molecular flexibility index (Phi) is 3.76. The summed E-state index contributed by atoms with van der Waals surface area (Å²) >= 11 is 0. The van der Waals surface area contributed by atoms with Gasteiger partial charge in [0.1, 0.15) is 0 Å². The van der Waals surface area contributed by atoms with E-state index in [4.69, 9.17) is 0 Å². The highest BCUT2D eigenvalue weighted by atomic mass is 32.2. The molecule has 0 saturated carbocycles. The zero-order valence-electron chi connectivity index (χ0n) is 13.2.